The van der Waals surface area contributed by atoms with E-state index in [9.17, 15) is 14.7 Å². The van der Waals surface area contributed by atoms with Crippen molar-refractivity contribution in [2.45, 2.75) is 96.8 Å². The molecule has 3 N–H and O–H groups in total. The molecule has 0 saturated heterocycles. The number of carbonyl (C=O) groups excluding carboxylic acids is 2. The molecule has 0 radical (unpaired) electrons. The summed E-state index contributed by atoms with van der Waals surface area (Å²) in [7, 11) is 0. The molecule has 2 amide bonds. The van der Waals surface area contributed by atoms with Crippen molar-refractivity contribution in [1.29, 1.82) is 0 Å². The Hall–Kier alpha value is -1.89. The summed E-state index contributed by atoms with van der Waals surface area (Å²) in [4.78, 5) is 23.6. The third-order valence-electron chi connectivity index (χ3n) is 5.36. The van der Waals surface area contributed by atoms with E-state index in [1.807, 2.05) is 0 Å². The molecule has 0 saturated carbocycles. The molecule has 0 heterocycles. The second-order valence-electron chi connectivity index (χ2n) is 8.44. The number of phenols is 1. The van der Waals surface area contributed by atoms with Crippen LogP contribution >= 0.6 is 11.8 Å². The molecular weight excluding hydrogens is 436 g/mol. The Morgan fingerprint density at radius 3 is 2.00 bits per heavy atom. The fraction of sp³-hybridized carbons (Fsp3) is 0.692. The minimum atomic E-state index is -0.113. The Balaban J connectivity index is 1.82. The Bertz CT molecular complexity index is 625. The maximum Gasteiger partial charge on any atom is 0.239 e. The van der Waals surface area contributed by atoms with E-state index in [0.717, 1.165) is 49.4 Å². The number of hydrogen-bond donors (Lipinski definition) is 3. The summed E-state index contributed by atoms with van der Waals surface area (Å²) < 4.78 is 5.64. The molecule has 0 aliphatic carbocycles. The van der Waals surface area contributed by atoms with E-state index in [4.69, 9.17) is 4.74 Å². The summed E-state index contributed by atoms with van der Waals surface area (Å²) in [6.45, 7) is 2.91. The number of phenolic OH excluding ortho intramolecular Hbond substituents is 1. The van der Waals surface area contributed by atoms with Crippen LogP contribution in [0.3, 0.4) is 0 Å². The molecule has 0 atom stereocenters. The molecule has 188 valence electrons. The zero-order valence-electron chi connectivity index (χ0n) is 20.4. The molecule has 1 rings (SSSR count). The predicted octanol–water partition coefficient (Wildman–Crippen LogP) is 6.13. The highest BCUT2D eigenvalue weighted by molar-refractivity contribution is 7.99. The lowest BCUT2D eigenvalue weighted by molar-refractivity contribution is -0.128. The van der Waals surface area contributed by atoms with E-state index < -0.39 is 0 Å². The van der Waals surface area contributed by atoms with Gasteiger partial charge >= 0.3 is 0 Å². The lowest BCUT2D eigenvalue weighted by Gasteiger charge is -2.08. The molecule has 6 nitrogen and oxygen atoms in total. The van der Waals surface area contributed by atoms with Crippen molar-refractivity contribution < 1.29 is 19.4 Å². The smallest absolute Gasteiger partial charge is 0.239 e. The molecule has 0 aromatic heterocycles. The first-order valence-electron chi connectivity index (χ1n) is 12.7. The third-order valence-corrected chi connectivity index (χ3v) is 6.43. The molecule has 0 bridgehead atoms. The number of nitrogens with one attached hydrogen (secondary N) is 2. The lowest BCUT2D eigenvalue weighted by Crippen LogP contribution is -2.41. The largest absolute Gasteiger partial charge is 0.508 e. The van der Waals surface area contributed by atoms with Gasteiger partial charge in [0.25, 0.3) is 0 Å². The number of carbonyl (C=O) groups is 2. The van der Waals surface area contributed by atoms with Crippen LogP contribution in [-0.4, -0.2) is 35.0 Å². The summed E-state index contributed by atoms with van der Waals surface area (Å²) in [5.74, 6) is 2.74. The van der Waals surface area contributed by atoms with E-state index in [1.165, 1.54) is 44.9 Å². The predicted molar refractivity (Wildman–Crippen MR) is 138 cm³/mol. The Morgan fingerprint density at radius 2 is 1.33 bits per heavy atom. The maximum absolute atomic E-state index is 11.8. The van der Waals surface area contributed by atoms with Gasteiger partial charge in [0.05, 0.1) is 6.61 Å². The normalized spacial score (nSPS) is 10.7. The molecule has 0 aliphatic rings. The fourth-order valence-corrected chi connectivity index (χ4v) is 4.29. The second kappa shape index (κ2) is 20.7. The van der Waals surface area contributed by atoms with Gasteiger partial charge in [-0.2, -0.15) is 11.8 Å². The highest BCUT2D eigenvalue weighted by atomic mass is 32.2. The van der Waals surface area contributed by atoms with Gasteiger partial charge in [-0.1, -0.05) is 64.7 Å². The lowest BCUT2D eigenvalue weighted by atomic mass is 10.1. The van der Waals surface area contributed by atoms with E-state index >= 15 is 0 Å². The minimum Gasteiger partial charge on any atom is -0.508 e. The second-order valence-corrected chi connectivity index (χ2v) is 9.66. The van der Waals surface area contributed by atoms with E-state index in [2.05, 4.69) is 17.8 Å². The Morgan fingerprint density at radius 1 is 0.758 bits per heavy atom. The summed E-state index contributed by atoms with van der Waals surface area (Å²) in [5, 5.41) is 9.24. The Labute approximate surface area is 204 Å². The van der Waals surface area contributed by atoms with Gasteiger partial charge in [0, 0.05) is 18.6 Å². The third kappa shape index (κ3) is 18.2. The number of aromatic hydroxyl groups is 1. The molecular formula is C26H44N2O4S. The van der Waals surface area contributed by atoms with Crippen LogP contribution in [0.5, 0.6) is 11.5 Å². The molecule has 33 heavy (non-hydrogen) atoms. The van der Waals surface area contributed by atoms with Crippen LogP contribution in [0.15, 0.2) is 24.3 Å². The zero-order valence-corrected chi connectivity index (χ0v) is 21.2. The molecule has 7 heteroatoms. The first-order chi connectivity index (χ1) is 16.1. The summed E-state index contributed by atoms with van der Waals surface area (Å²) in [5.41, 5.74) is 5.04. The van der Waals surface area contributed by atoms with Crippen LogP contribution in [0.25, 0.3) is 0 Å². The average Bonchev–Trinajstić information content (AvgIpc) is 2.81. The van der Waals surface area contributed by atoms with Crippen LogP contribution in [0.1, 0.15) is 96.8 Å². The SMILES string of the molecule is CCCCCCSCCC(=O)NNC(=O)CCCCCCCCCCOc1ccc(O)cc1. The number of benzene rings is 1. The summed E-state index contributed by atoms with van der Waals surface area (Å²) in [6, 6.07) is 6.82. The Kier molecular flexibility index (Phi) is 18.3. The average molecular weight is 481 g/mol. The van der Waals surface area contributed by atoms with Gasteiger partial charge in [-0.05, 0) is 49.3 Å². The quantitative estimate of drug-likeness (QED) is 0.154. The van der Waals surface area contributed by atoms with E-state index in [1.54, 1.807) is 36.0 Å². The number of thioether (sulfide) groups is 1. The van der Waals surface area contributed by atoms with Crippen molar-refractivity contribution in [2.24, 2.45) is 0 Å². The van der Waals surface area contributed by atoms with Crippen LogP contribution < -0.4 is 15.6 Å². The van der Waals surface area contributed by atoms with Gasteiger partial charge in [-0.25, -0.2) is 0 Å². The molecule has 0 unspecified atom stereocenters. The topological polar surface area (TPSA) is 87.7 Å². The zero-order chi connectivity index (χ0) is 24.0. The van der Waals surface area contributed by atoms with Crippen LogP contribution in [0, 0.1) is 0 Å². The van der Waals surface area contributed by atoms with Crippen molar-refractivity contribution in [3.63, 3.8) is 0 Å². The summed E-state index contributed by atoms with van der Waals surface area (Å²) >= 11 is 1.81. The number of unbranched alkanes of at least 4 members (excludes halogenated alkanes) is 10. The van der Waals surface area contributed by atoms with Gasteiger partial charge in [-0.3, -0.25) is 20.4 Å². The molecule has 0 fully saturated rings. The standard InChI is InChI=1S/C26H44N2O4S/c1-2-3-4-13-21-33-22-19-26(31)28-27-25(30)14-11-9-7-5-6-8-10-12-20-32-24-17-15-23(29)16-18-24/h15-18,29H,2-14,19-22H2,1H3,(H,27,30)(H,28,31). The first kappa shape index (κ1) is 29.1. The maximum atomic E-state index is 11.8. The number of ether oxygens (including phenoxy) is 1. The van der Waals surface area contributed by atoms with Gasteiger partial charge in [0.2, 0.25) is 11.8 Å². The van der Waals surface area contributed by atoms with E-state index in [-0.39, 0.29) is 17.6 Å². The van der Waals surface area contributed by atoms with Crippen molar-refractivity contribution in [3.05, 3.63) is 24.3 Å². The van der Waals surface area contributed by atoms with Crippen molar-refractivity contribution in [3.8, 4) is 11.5 Å². The van der Waals surface area contributed by atoms with Crippen molar-refractivity contribution >= 4 is 23.6 Å². The van der Waals surface area contributed by atoms with Crippen molar-refractivity contribution in [2.75, 3.05) is 18.1 Å². The van der Waals surface area contributed by atoms with Crippen LogP contribution in [0.2, 0.25) is 0 Å². The van der Waals surface area contributed by atoms with Gasteiger partial charge in [-0.15, -0.1) is 0 Å². The molecule has 0 aliphatic heterocycles. The van der Waals surface area contributed by atoms with Crippen LogP contribution in [0.4, 0.5) is 0 Å². The number of hydrazine groups is 1. The summed E-state index contributed by atoms with van der Waals surface area (Å²) in [6.07, 6.45) is 14.7. The molecule has 0 spiro atoms. The fourth-order valence-electron chi connectivity index (χ4n) is 3.34. The number of hydrogen-bond acceptors (Lipinski definition) is 5. The highest BCUT2D eigenvalue weighted by Crippen LogP contribution is 2.16. The molecule has 1 aromatic carbocycles. The van der Waals surface area contributed by atoms with Gasteiger partial charge in [0.1, 0.15) is 11.5 Å². The minimum absolute atomic E-state index is 0.107. The van der Waals surface area contributed by atoms with Gasteiger partial charge < -0.3 is 9.84 Å². The monoisotopic (exact) mass is 480 g/mol. The highest BCUT2D eigenvalue weighted by Gasteiger charge is 2.05. The molecule has 1 aromatic rings. The van der Waals surface area contributed by atoms with Crippen molar-refractivity contribution in [1.82, 2.24) is 10.9 Å². The number of rotatable bonds is 20. The van der Waals surface area contributed by atoms with E-state index in [0.29, 0.717) is 19.4 Å². The first-order valence-corrected chi connectivity index (χ1v) is 13.8. The number of amides is 2. The van der Waals surface area contributed by atoms with Crippen LogP contribution in [-0.2, 0) is 9.59 Å². The van der Waals surface area contributed by atoms with Gasteiger partial charge in [0.15, 0.2) is 0 Å².